The summed E-state index contributed by atoms with van der Waals surface area (Å²) in [4.78, 5) is 11.1. The Morgan fingerprint density at radius 1 is 0.703 bits per heavy atom. The fourth-order valence-electron chi connectivity index (χ4n) is 5.48. The molecule has 0 fully saturated rings. The molecule has 188 valence electrons. The molecule has 0 saturated heterocycles. The van der Waals surface area contributed by atoms with Crippen LogP contribution in [0.3, 0.4) is 0 Å². The lowest BCUT2D eigenvalue weighted by atomic mass is 9.67. The number of carbonyl (C=O) groups is 1. The highest BCUT2D eigenvalue weighted by Gasteiger charge is 2.45. The standard InChI is InChI=1S/C33H32O4/c1-24(34)36-21-7-8-25-13-15-26(16-14-25)33(27-17-19-28(20-18-27)37-23-22-35-2)31-11-5-3-9-29(31)30-10-4-6-12-32(30)33/h3-6,9-20H,7-8,21-23H2,1-2H3. The molecule has 4 aromatic rings. The number of ether oxygens (including phenoxy) is 3. The highest BCUT2D eigenvalue weighted by Crippen LogP contribution is 2.56. The van der Waals surface area contributed by atoms with Crippen molar-refractivity contribution >= 4 is 5.97 Å². The Morgan fingerprint density at radius 3 is 1.84 bits per heavy atom. The van der Waals surface area contributed by atoms with E-state index in [1.807, 2.05) is 0 Å². The van der Waals surface area contributed by atoms with Gasteiger partial charge >= 0.3 is 5.97 Å². The largest absolute Gasteiger partial charge is 0.491 e. The third-order valence-electron chi connectivity index (χ3n) is 7.10. The monoisotopic (exact) mass is 492 g/mol. The Hall–Kier alpha value is -3.89. The summed E-state index contributed by atoms with van der Waals surface area (Å²) in [6.07, 6.45) is 1.67. The van der Waals surface area contributed by atoms with E-state index < -0.39 is 5.41 Å². The van der Waals surface area contributed by atoms with Crippen molar-refractivity contribution in [1.29, 1.82) is 0 Å². The Kier molecular flexibility index (Phi) is 7.38. The normalized spacial score (nSPS) is 13.0. The van der Waals surface area contributed by atoms with Gasteiger partial charge in [-0.1, -0.05) is 84.9 Å². The number of hydrogen-bond donors (Lipinski definition) is 0. The second kappa shape index (κ2) is 11.0. The van der Waals surface area contributed by atoms with Crippen LogP contribution in [-0.4, -0.2) is 32.9 Å². The van der Waals surface area contributed by atoms with Crippen molar-refractivity contribution in [3.63, 3.8) is 0 Å². The van der Waals surface area contributed by atoms with E-state index in [9.17, 15) is 4.79 Å². The first-order chi connectivity index (χ1) is 18.1. The third-order valence-corrected chi connectivity index (χ3v) is 7.10. The quantitative estimate of drug-likeness (QED) is 0.163. The average Bonchev–Trinajstić information content (AvgIpc) is 3.23. The SMILES string of the molecule is COCCOc1ccc(C2(c3ccc(CCCOC(C)=O)cc3)c3ccccc3-c3ccccc32)cc1. The van der Waals surface area contributed by atoms with Crippen molar-refractivity contribution in [2.75, 3.05) is 26.9 Å². The van der Waals surface area contributed by atoms with Gasteiger partial charge in [0.05, 0.1) is 18.6 Å². The number of aryl methyl sites for hydroxylation is 1. The van der Waals surface area contributed by atoms with Crippen LogP contribution < -0.4 is 4.74 Å². The van der Waals surface area contributed by atoms with E-state index >= 15 is 0 Å². The molecule has 0 radical (unpaired) electrons. The highest BCUT2D eigenvalue weighted by molar-refractivity contribution is 5.86. The number of methoxy groups -OCH3 is 1. The van der Waals surface area contributed by atoms with Crippen molar-refractivity contribution in [3.8, 4) is 16.9 Å². The number of benzene rings is 4. The van der Waals surface area contributed by atoms with Crippen LogP contribution in [0.25, 0.3) is 11.1 Å². The van der Waals surface area contributed by atoms with E-state index in [0.29, 0.717) is 19.8 Å². The lowest BCUT2D eigenvalue weighted by Gasteiger charge is -2.34. The molecule has 0 N–H and O–H groups in total. The van der Waals surface area contributed by atoms with Crippen molar-refractivity contribution in [1.82, 2.24) is 0 Å². The van der Waals surface area contributed by atoms with Gasteiger partial charge in [0.1, 0.15) is 12.4 Å². The van der Waals surface area contributed by atoms with E-state index in [4.69, 9.17) is 14.2 Å². The van der Waals surface area contributed by atoms with E-state index in [-0.39, 0.29) is 5.97 Å². The lowest BCUT2D eigenvalue weighted by Crippen LogP contribution is -2.28. The summed E-state index contributed by atoms with van der Waals surface area (Å²) in [5.74, 6) is 0.601. The maximum atomic E-state index is 11.1. The summed E-state index contributed by atoms with van der Waals surface area (Å²) >= 11 is 0. The minimum absolute atomic E-state index is 0.231. The maximum absolute atomic E-state index is 11.1. The molecule has 0 saturated carbocycles. The second-order valence-corrected chi connectivity index (χ2v) is 9.35. The summed E-state index contributed by atoms with van der Waals surface area (Å²) in [6, 6.07) is 34.9. The molecule has 4 nitrogen and oxygen atoms in total. The third kappa shape index (κ3) is 4.77. The van der Waals surface area contributed by atoms with E-state index in [2.05, 4.69) is 97.1 Å². The van der Waals surface area contributed by atoms with Crippen molar-refractivity contribution in [3.05, 3.63) is 125 Å². The molecule has 0 heterocycles. The molecule has 4 heteroatoms. The molecule has 0 amide bonds. The fourth-order valence-corrected chi connectivity index (χ4v) is 5.48. The summed E-state index contributed by atoms with van der Waals surface area (Å²) < 4.78 is 16.1. The van der Waals surface area contributed by atoms with Crippen LogP contribution >= 0.6 is 0 Å². The molecule has 0 aromatic heterocycles. The summed E-state index contributed by atoms with van der Waals surface area (Å²) in [5, 5.41) is 0. The van der Waals surface area contributed by atoms with Gasteiger partial charge in [0, 0.05) is 14.0 Å². The lowest BCUT2D eigenvalue weighted by molar-refractivity contribution is -0.141. The number of hydrogen-bond acceptors (Lipinski definition) is 4. The smallest absolute Gasteiger partial charge is 0.302 e. The van der Waals surface area contributed by atoms with Crippen LogP contribution in [0.5, 0.6) is 5.75 Å². The van der Waals surface area contributed by atoms with Gasteiger partial charge in [-0.2, -0.15) is 0 Å². The molecule has 0 bridgehead atoms. The number of rotatable bonds is 10. The van der Waals surface area contributed by atoms with Gasteiger partial charge in [-0.25, -0.2) is 0 Å². The molecule has 0 spiro atoms. The minimum atomic E-state index is -0.436. The van der Waals surface area contributed by atoms with Crippen LogP contribution in [-0.2, 0) is 26.1 Å². The van der Waals surface area contributed by atoms with Gasteiger partial charge in [-0.3, -0.25) is 4.79 Å². The summed E-state index contributed by atoms with van der Waals surface area (Å²) in [7, 11) is 1.68. The molecule has 0 aliphatic heterocycles. The Labute approximate surface area is 218 Å². The molecule has 0 atom stereocenters. The molecule has 1 aliphatic carbocycles. The Bertz CT molecular complexity index is 1310. The zero-order valence-electron chi connectivity index (χ0n) is 21.4. The molecular formula is C33H32O4. The predicted molar refractivity (Wildman–Crippen MR) is 146 cm³/mol. The van der Waals surface area contributed by atoms with E-state index in [1.165, 1.54) is 45.9 Å². The summed E-state index contributed by atoms with van der Waals surface area (Å²) in [5.41, 5.74) is 8.32. The van der Waals surface area contributed by atoms with Gasteiger partial charge < -0.3 is 14.2 Å². The topological polar surface area (TPSA) is 44.8 Å². The number of fused-ring (bicyclic) bond motifs is 3. The number of esters is 1. The molecule has 37 heavy (non-hydrogen) atoms. The van der Waals surface area contributed by atoms with E-state index in [0.717, 1.165) is 18.6 Å². The molecular weight excluding hydrogens is 460 g/mol. The van der Waals surface area contributed by atoms with Crippen LogP contribution in [0, 0.1) is 0 Å². The van der Waals surface area contributed by atoms with Gasteiger partial charge in [0.25, 0.3) is 0 Å². The van der Waals surface area contributed by atoms with Crippen LogP contribution in [0.15, 0.2) is 97.1 Å². The fraction of sp³-hybridized carbons (Fsp3) is 0.242. The van der Waals surface area contributed by atoms with Crippen LogP contribution in [0.4, 0.5) is 0 Å². The molecule has 4 aromatic carbocycles. The van der Waals surface area contributed by atoms with Gasteiger partial charge in [-0.05, 0) is 63.9 Å². The van der Waals surface area contributed by atoms with Crippen LogP contribution in [0.1, 0.15) is 41.2 Å². The number of carbonyl (C=O) groups excluding carboxylic acids is 1. The second-order valence-electron chi connectivity index (χ2n) is 9.35. The first-order valence-corrected chi connectivity index (χ1v) is 12.8. The molecule has 0 unspecified atom stereocenters. The molecule has 1 aliphatic rings. The maximum Gasteiger partial charge on any atom is 0.302 e. The highest BCUT2D eigenvalue weighted by atomic mass is 16.5. The summed E-state index contributed by atoms with van der Waals surface area (Å²) in [6.45, 7) is 2.97. The van der Waals surface area contributed by atoms with Gasteiger partial charge in [0.15, 0.2) is 0 Å². The van der Waals surface area contributed by atoms with Crippen molar-refractivity contribution in [2.45, 2.75) is 25.2 Å². The average molecular weight is 493 g/mol. The van der Waals surface area contributed by atoms with Crippen LogP contribution in [0.2, 0.25) is 0 Å². The Morgan fingerprint density at radius 2 is 1.27 bits per heavy atom. The first kappa shape index (κ1) is 24.8. The first-order valence-electron chi connectivity index (χ1n) is 12.8. The van der Waals surface area contributed by atoms with E-state index in [1.54, 1.807) is 7.11 Å². The Balaban J connectivity index is 1.57. The minimum Gasteiger partial charge on any atom is -0.491 e. The zero-order chi connectivity index (χ0) is 25.7. The van der Waals surface area contributed by atoms with Crippen molar-refractivity contribution < 1.29 is 19.0 Å². The zero-order valence-corrected chi connectivity index (χ0v) is 21.4. The predicted octanol–water partition coefficient (Wildman–Crippen LogP) is 6.57. The van der Waals surface area contributed by atoms with Gasteiger partial charge in [0.2, 0.25) is 0 Å². The van der Waals surface area contributed by atoms with Gasteiger partial charge in [-0.15, -0.1) is 0 Å². The van der Waals surface area contributed by atoms with Crippen molar-refractivity contribution in [2.24, 2.45) is 0 Å². The molecule has 5 rings (SSSR count).